The molecule has 1 nitrogen and oxygen atoms in total. The van der Waals surface area contributed by atoms with E-state index in [0.717, 1.165) is 11.8 Å². The first-order chi connectivity index (χ1) is 7.88. The van der Waals surface area contributed by atoms with Crippen molar-refractivity contribution in [3.63, 3.8) is 0 Å². The van der Waals surface area contributed by atoms with Gasteiger partial charge >= 0.3 is 0 Å². The Morgan fingerprint density at radius 1 is 1.25 bits per heavy atom. The standard InChI is InChI=1S/C15H24O/c1-2-3-4-5-6-14-15(16-14)13-10-11-7-8-12(13)9-11/h10-12,14-15H,2-9H2,1H3. The molecular weight excluding hydrogens is 196 g/mol. The van der Waals surface area contributed by atoms with Gasteiger partial charge in [-0.25, -0.2) is 0 Å². The van der Waals surface area contributed by atoms with Crippen molar-refractivity contribution in [2.24, 2.45) is 11.8 Å². The quantitative estimate of drug-likeness (QED) is 0.373. The van der Waals surface area contributed by atoms with Crippen LogP contribution in [0.1, 0.15) is 58.3 Å². The molecular formula is C15H24O. The summed E-state index contributed by atoms with van der Waals surface area (Å²) in [7, 11) is 0. The molecule has 2 bridgehead atoms. The lowest BCUT2D eigenvalue weighted by Crippen LogP contribution is -2.06. The average Bonchev–Trinajstić information content (AvgIpc) is 2.75. The molecule has 1 heterocycles. The lowest BCUT2D eigenvalue weighted by atomic mass is 9.93. The first-order valence-corrected chi connectivity index (χ1v) is 7.25. The van der Waals surface area contributed by atoms with Crippen LogP contribution in [-0.2, 0) is 4.74 Å². The van der Waals surface area contributed by atoms with Gasteiger partial charge < -0.3 is 4.74 Å². The molecule has 4 atom stereocenters. The van der Waals surface area contributed by atoms with Gasteiger partial charge in [0.1, 0.15) is 6.10 Å². The Balaban J connectivity index is 1.41. The summed E-state index contributed by atoms with van der Waals surface area (Å²) in [6, 6.07) is 0. The molecule has 0 N–H and O–H groups in total. The summed E-state index contributed by atoms with van der Waals surface area (Å²) in [5, 5.41) is 0. The average molecular weight is 220 g/mol. The van der Waals surface area contributed by atoms with E-state index in [-0.39, 0.29) is 0 Å². The number of epoxide rings is 1. The highest BCUT2D eigenvalue weighted by molar-refractivity contribution is 5.28. The third-order valence-electron chi connectivity index (χ3n) is 4.63. The highest BCUT2D eigenvalue weighted by atomic mass is 16.6. The number of rotatable bonds is 6. The molecule has 0 aromatic rings. The maximum Gasteiger partial charge on any atom is 0.105 e. The van der Waals surface area contributed by atoms with Crippen molar-refractivity contribution in [2.75, 3.05) is 0 Å². The number of fused-ring (bicyclic) bond motifs is 2. The van der Waals surface area contributed by atoms with E-state index in [1.54, 1.807) is 5.57 Å². The summed E-state index contributed by atoms with van der Waals surface area (Å²) < 4.78 is 5.87. The summed E-state index contributed by atoms with van der Waals surface area (Å²) in [5.41, 5.74) is 1.69. The molecule has 0 radical (unpaired) electrons. The Labute approximate surface area is 99.3 Å². The van der Waals surface area contributed by atoms with Crippen molar-refractivity contribution < 1.29 is 4.74 Å². The topological polar surface area (TPSA) is 12.5 Å². The van der Waals surface area contributed by atoms with Gasteiger partial charge in [0, 0.05) is 0 Å². The van der Waals surface area contributed by atoms with E-state index in [4.69, 9.17) is 4.74 Å². The van der Waals surface area contributed by atoms with E-state index in [2.05, 4.69) is 13.0 Å². The molecule has 1 saturated heterocycles. The molecule has 16 heavy (non-hydrogen) atoms. The van der Waals surface area contributed by atoms with Gasteiger partial charge in [0.15, 0.2) is 0 Å². The predicted molar refractivity (Wildman–Crippen MR) is 66.3 cm³/mol. The van der Waals surface area contributed by atoms with Gasteiger partial charge in [-0.3, -0.25) is 0 Å². The SMILES string of the molecule is CCCCCCC1OC1C1=CC2CCC1C2. The van der Waals surface area contributed by atoms with E-state index in [9.17, 15) is 0 Å². The van der Waals surface area contributed by atoms with Gasteiger partial charge in [-0.05, 0) is 43.1 Å². The summed E-state index contributed by atoms with van der Waals surface area (Å²) in [5.74, 6) is 1.83. The third-order valence-corrected chi connectivity index (χ3v) is 4.63. The first kappa shape index (κ1) is 10.8. The highest BCUT2D eigenvalue weighted by Crippen LogP contribution is 2.50. The number of unbranched alkanes of at least 4 members (excludes halogenated alkanes) is 3. The van der Waals surface area contributed by atoms with Crippen LogP contribution in [0.15, 0.2) is 11.6 Å². The van der Waals surface area contributed by atoms with E-state index in [1.807, 2.05) is 0 Å². The second-order valence-corrected chi connectivity index (χ2v) is 5.88. The van der Waals surface area contributed by atoms with Crippen LogP contribution in [0.2, 0.25) is 0 Å². The summed E-state index contributed by atoms with van der Waals surface area (Å²) in [6.45, 7) is 2.27. The monoisotopic (exact) mass is 220 g/mol. The largest absolute Gasteiger partial charge is 0.365 e. The van der Waals surface area contributed by atoms with E-state index in [0.29, 0.717) is 12.2 Å². The third kappa shape index (κ3) is 2.07. The predicted octanol–water partition coefficient (Wildman–Crippen LogP) is 4.08. The summed E-state index contributed by atoms with van der Waals surface area (Å²) >= 11 is 0. The summed E-state index contributed by atoms with van der Waals surface area (Å²) in [6.07, 6.45) is 14.8. The van der Waals surface area contributed by atoms with Crippen LogP contribution in [0.3, 0.4) is 0 Å². The summed E-state index contributed by atoms with van der Waals surface area (Å²) in [4.78, 5) is 0. The van der Waals surface area contributed by atoms with Crippen LogP contribution in [-0.4, -0.2) is 12.2 Å². The van der Waals surface area contributed by atoms with Crippen LogP contribution in [0.4, 0.5) is 0 Å². The fourth-order valence-corrected chi connectivity index (χ4v) is 3.63. The van der Waals surface area contributed by atoms with Crippen LogP contribution >= 0.6 is 0 Å². The number of hydrogen-bond acceptors (Lipinski definition) is 1. The van der Waals surface area contributed by atoms with Crippen molar-refractivity contribution in [1.29, 1.82) is 0 Å². The zero-order valence-electron chi connectivity index (χ0n) is 10.5. The molecule has 1 heteroatoms. The van der Waals surface area contributed by atoms with Crippen LogP contribution in [0, 0.1) is 11.8 Å². The molecule has 2 aliphatic carbocycles. The van der Waals surface area contributed by atoms with Crippen LogP contribution in [0.25, 0.3) is 0 Å². The van der Waals surface area contributed by atoms with Crippen LogP contribution < -0.4 is 0 Å². The van der Waals surface area contributed by atoms with Gasteiger partial charge in [0.05, 0.1) is 6.10 Å². The molecule has 0 aromatic heterocycles. The molecule has 3 rings (SSSR count). The number of allylic oxidation sites excluding steroid dienone is 1. The Morgan fingerprint density at radius 3 is 2.88 bits per heavy atom. The smallest absolute Gasteiger partial charge is 0.105 e. The molecule has 2 fully saturated rings. The Morgan fingerprint density at radius 2 is 2.19 bits per heavy atom. The highest BCUT2D eigenvalue weighted by Gasteiger charge is 2.47. The molecule has 0 spiro atoms. The minimum Gasteiger partial charge on any atom is -0.365 e. The number of ether oxygens (including phenoxy) is 1. The molecule has 90 valence electrons. The van der Waals surface area contributed by atoms with Crippen molar-refractivity contribution in [3.8, 4) is 0 Å². The Kier molecular flexibility index (Phi) is 3.06. The van der Waals surface area contributed by atoms with E-state index < -0.39 is 0 Å². The van der Waals surface area contributed by atoms with Gasteiger partial charge in [-0.1, -0.05) is 38.7 Å². The molecule has 1 aliphatic heterocycles. The molecule has 0 aromatic carbocycles. The molecule has 3 aliphatic rings. The maximum atomic E-state index is 5.87. The molecule has 0 amide bonds. The second-order valence-electron chi connectivity index (χ2n) is 5.88. The fraction of sp³-hybridized carbons (Fsp3) is 0.867. The molecule has 1 saturated carbocycles. The van der Waals surface area contributed by atoms with E-state index in [1.165, 1.54) is 51.4 Å². The van der Waals surface area contributed by atoms with Gasteiger partial charge in [0.25, 0.3) is 0 Å². The van der Waals surface area contributed by atoms with Crippen LogP contribution in [0.5, 0.6) is 0 Å². The first-order valence-electron chi connectivity index (χ1n) is 7.25. The van der Waals surface area contributed by atoms with Crippen molar-refractivity contribution in [1.82, 2.24) is 0 Å². The van der Waals surface area contributed by atoms with Crippen molar-refractivity contribution >= 4 is 0 Å². The van der Waals surface area contributed by atoms with Crippen molar-refractivity contribution in [3.05, 3.63) is 11.6 Å². The second kappa shape index (κ2) is 4.52. The lowest BCUT2D eigenvalue weighted by Gasteiger charge is -2.10. The van der Waals surface area contributed by atoms with Gasteiger partial charge in [-0.2, -0.15) is 0 Å². The fourth-order valence-electron chi connectivity index (χ4n) is 3.63. The van der Waals surface area contributed by atoms with E-state index >= 15 is 0 Å². The van der Waals surface area contributed by atoms with Gasteiger partial charge in [0.2, 0.25) is 0 Å². The van der Waals surface area contributed by atoms with Crippen molar-refractivity contribution in [2.45, 2.75) is 70.5 Å². The number of hydrogen-bond donors (Lipinski definition) is 0. The minimum atomic E-state index is 0.553. The molecule has 4 unspecified atom stereocenters. The Bertz CT molecular complexity index is 281. The zero-order valence-corrected chi connectivity index (χ0v) is 10.5. The Hall–Kier alpha value is -0.300. The normalized spacial score (nSPS) is 40.2. The minimum absolute atomic E-state index is 0.553. The van der Waals surface area contributed by atoms with Gasteiger partial charge in [-0.15, -0.1) is 0 Å². The zero-order chi connectivity index (χ0) is 11.0. The lowest BCUT2D eigenvalue weighted by molar-refractivity contribution is 0.362. The maximum absolute atomic E-state index is 5.87.